The molecule has 1 aromatic carbocycles. The molecule has 0 spiro atoms. The van der Waals surface area contributed by atoms with E-state index in [0.717, 1.165) is 14.3 Å². The van der Waals surface area contributed by atoms with Crippen molar-refractivity contribution in [3.8, 4) is 0 Å². The van der Waals surface area contributed by atoms with Crippen LogP contribution < -0.4 is 5.32 Å². The van der Waals surface area contributed by atoms with Crippen molar-refractivity contribution in [2.75, 3.05) is 26.0 Å². The van der Waals surface area contributed by atoms with Gasteiger partial charge in [0.1, 0.15) is 10.6 Å². The number of carbonyl (C=O) groups excluding carboxylic acids is 2. The van der Waals surface area contributed by atoms with E-state index in [1.807, 2.05) is 6.92 Å². The van der Waals surface area contributed by atoms with Crippen molar-refractivity contribution in [3.63, 3.8) is 0 Å². The predicted molar refractivity (Wildman–Crippen MR) is 104 cm³/mol. The Labute approximate surface area is 166 Å². The molecule has 1 heterocycles. The molecule has 10 heteroatoms. The molecule has 0 saturated heterocycles. The number of nitrogens with zero attached hydrogens (tertiary/aromatic N) is 2. The zero-order chi connectivity index (χ0) is 20.4. The number of carbonyl (C=O) groups is 2. The fourth-order valence-corrected chi connectivity index (χ4v) is 3.82. The average molecular weight is 458 g/mol. The highest BCUT2D eigenvalue weighted by Crippen LogP contribution is 2.21. The molecule has 1 N–H and O–H groups in total. The summed E-state index contributed by atoms with van der Waals surface area (Å²) >= 11 is 3.38. The van der Waals surface area contributed by atoms with Gasteiger partial charge in [0.15, 0.2) is 0 Å². The number of rotatable bonds is 6. The molecular formula is C17H20BrN3O5S. The largest absolute Gasteiger partial charge is 0.464 e. The fraction of sp³-hybridized carbons (Fsp3) is 0.294. The Hall–Kier alpha value is -2.17. The van der Waals surface area contributed by atoms with Crippen LogP contribution in [0.1, 0.15) is 16.1 Å². The molecule has 0 bridgehead atoms. The number of ether oxygens (including phenoxy) is 1. The highest BCUT2D eigenvalue weighted by Gasteiger charge is 2.26. The van der Waals surface area contributed by atoms with E-state index < -0.39 is 21.9 Å². The van der Waals surface area contributed by atoms with Gasteiger partial charge in [-0.3, -0.25) is 4.79 Å². The minimum Gasteiger partial charge on any atom is -0.464 e. The van der Waals surface area contributed by atoms with Gasteiger partial charge in [-0.25, -0.2) is 13.2 Å². The molecule has 0 saturated carbocycles. The maximum absolute atomic E-state index is 12.7. The topological polar surface area (TPSA) is 97.7 Å². The summed E-state index contributed by atoms with van der Waals surface area (Å²) in [7, 11) is 0.0976. The molecule has 0 radical (unpaired) electrons. The zero-order valence-corrected chi connectivity index (χ0v) is 17.7. The summed E-state index contributed by atoms with van der Waals surface area (Å²) in [6, 6.07) is 6.50. The maximum atomic E-state index is 12.7. The molecule has 0 aliphatic carbocycles. The number of anilines is 1. The van der Waals surface area contributed by atoms with E-state index in [4.69, 9.17) is 0 Å². The molecule has 2 rings (SSSR count). The molecule has 0 unspecified atom stereocenters. The van der Waals surface area contributed by atoms with Crippen LogP contribution in [0.2, 0.25) is 0 Å². The van der Waals surface area contributed by atoms with E-state index in [9.17, 15) is 18.0 Å². The van der Waals surface area contributed by atoms with Crippen molar-refractivity contribution in [2.24, 2.45) is 7.05 Å². The van der Waals surface area contributed by atoms with Gasteiger partial charge in [-0.05, 0) is 36.8 Å². The van der Waals surface area contributed by atoms with E-state index >= 15 is 0 Å². The number of hydrogen-bond acceptors (Lipinski definition) is 5. The van der Waals surface area contributed by atoms with Crippen molar-refractivity contribution in [1.82, 2.24) is 8.87 Å². The van der Waals surface area contributed by atoms with Gasteiger partial charge in [0.25, 0.3) is 0 Å². The van der Waals surface area contributed by atoms with Gasteiger partial charge >= 0.3 is 5.97 Å². The molecule has 27 heavy (non-hydrogen) atoms. The lowest BCUT2D eigenvalue weighted by Gasteiger charge is -2.16. The lowest BCUT2D eigenvalue weighted by atomic mass is 10.2. The number of amides is 1. The van der Waals surface area contributed by atoms with E-state index in [-0.39, 0.29) is 17.1 Å². The number of methoxy groups -OCH3 is 1. The van der Waals surface area contributed by atoms with E-state index in [0.29, 0.717) is 5.69 Å². The van der Waals surface area contributed by atoms with Gasteiger partial charge in [-0.2, -0.15) is 4.31 Å². The number of benzene rings is 1. The van der Waals surface area contributed by atoms with Gasteiger partial charge in [0.2, 0.25) is 15.9 Å². The third-order valence-electron chi connectivity index (χ3n) is 3.89. The number of halogens is 1. The molecule has 0 atom stereocenters. The zero-order valence-electron chi connectivity index (χ0n) is 15.3. The fourth-order valence-electron chi connectivity index (χ4n) is 2.37. The molecule has 1 amide bonds. The Bertz CT molecular complexity index is 984. The molecule has 0 aliphatic heterocycles. The Morgan fingerprint density at radius 2 is 1.96 bits per heavy atom. The van der Waals surface area contributed by atoms with E-state index in [1.54, 1.807) is 18.2 Å². The van der Waals surface area contributed by atoms with Crippen LogP contribution in [0.4, 0.5) is 5.69 Å². The van der Waals surface area contributed by atoms with Crippen molar-refractivity contribution in [2.45, 2.75) is 11.8 Å². The normalized spacial score (nSPS) is 11.5. The second-order valence-corrected chi connectivity index (χ2v) is 8.84. The highest BCUT2D eigenvalue weighted by molar-refractivity contribution is 9.10. The number of aromatic nitrogens is 1. The first kappa shape index (κ1) is 21.1. The first-order chi connectivity index (χ1) is 12.6. The average Bonchev–Trinajstić information content (AvgIpc) is 3.00. The predicted octanol–water partition coefficient (Wildman–Crippen LogP) is 2.14. The van der Waals surface area contributed by atoms with Crippen LogP contribution in [0.5, 0.6) is 0 Å². The van der Waals surface area contributed by atoms with Crippen molar-refractivity contribution in [1.29, 1.82) is 0 Å². The number of esters is 1. The minimum atomic E-state index is -3.95. The molecule has 0 aliphatic rings. The quantitative estimate of drug-likeness (QED) is 0.670. The molecule has 146 valence electrons. The van der Waals surface area contributed by atoms with Gasteiger partial charge in [0.05, 0.1) is 13.7 Å². The lowest BCUT2D eigenvalue weighted by molar-refractivity contribution is -0.116. The number of likely N-dealkylation sites (N-methyl/N-ethyl adjacent to an activating group) is 1. The summed E-state index contributed by atoms with van der Waals surface area (Å²) in [5, 5.41) is 2.66. The van der Waals surface area contributed by atoms with Crippen molar-refractivity contribution >= 4 is 43.5 Å². The summed E-state index contributed by atoms with van der Waals surface area (Å²) in [5.41, 5.74) is 1.60. The van der Waals surface area contributed by atoms with Crippen LogP contribution in [-0.2, 0) is 26.6 Å². The van der Waals surface area contributed by atoms with Gasteiger partial charge in [0, 0.05) is 30.5 Å². The van der Waals surface area contributed by atoms with Crippen LogP contribution in [0, 0.1) is 6.92 Å². The number of hydrogen-bond donors (Lipinski definition) is 1. The second-order valence-electron chi connectivity index (χ2n) is 5.94. The van der Waals surface area contributed by atoms with Crippen LogP contribution in [0.3, 0.4) is 0 Å². The van der Waals surface area contributed by atoms with Crippen LogP contribution in [0.25, 0.3) is 0 Å². The molecule has 8 nitrogen and oxygen atoms in total. The SMILES string of the molecule is COC(=O)c1cc(S(=O)(=O)N(C)CC(=O)Nc2ccc(Br)c(C)c2)cn1C. The Balaban J connectivity index is 2.13. The highest BCUT2D eigenvalue weighted by atomic mass is 79.9. The standard InChI is InChI=1S/C17H20BrN3O5S/c1-11-7-12(5-6-14(11)18)19-16(22)10-21(3)27(24,25)13-8-15(17(23)26-4)20(2)9-13/h5-9H,10H2,1-4H3,(H,19,22). The van der Waals surface area contributed by atoms with Gasteiger partial charge < -0.3 is 14.6 Å². The maximum Gasteiger partial charge on any atom is 0.354 e. The summed E-state index contributed by atoms with van der Waals surface area (Å²) in [5.74, 6) is -1.13. The number of nitrogens with one attached hydrogen (secondary N) is 1. The molecule has 2 aromatic rings. The molecule has 1 aromatic heterocycles. The third kappa shape index (κ3) is 4.76. The lowest BCUT2D eigenvalue weighted by Crippen LogP contribution is -2.34. The Kier molecular flexibility index (Phi) is 6.45. The Morgan fingerprint density at radius 3 is 2.56 bits per heavy atom. The smallest absolute Gasteiger partial charge is 0.354 e. The Morgan fingerprint density at radius 1 is 1.30 bits per heavy atom. The third-order valence-corrected chi connectivity index (χ3v) is 6.55. The summed E-state index contributed by atoms with van der Waals surface area (Å²) in [6.07, 6.45) is 1.30. The monoisotopic (exact) mass is 457 g/mol. The second kappa shape index (κ2) is 8.24. The summed E-state index contributed by atoms with van der Waals surface area (Å²) < 4.78 is 33.1. The number of aryl methyl sites for hydroxylation is 2. The first-order valence-electron chi connectivity index (χ1n) is 7.83. The van der Waals surface area contributed by atoms with Crippen LogP contribution in [-0.4, -0.2) is 49.9 Å². The van der Waals surface area contributed by atoms with Gasteiger partial charge in [-0.1, -0.05) is 15.9 Å². The minimum absolute atomic E-state index is 0.0965. The van der Waals surface area contributed by atoms with Crippen molar-refractivity contribution < 1.29 is 22.7 Å². The van der Waals surface area contributed by atoms with E-state index in [1.165, 1.54) is 38.0 Å². The summed E-state index contributed by atoms with van der Waals surface area (Å²) in [6.45, 7) is 1.50. The van der Waals surface area contributed by atoms with Crippen LogP contribution in [0.15, 0.2) is 39.8 Å². The van der Waals surface area contributed by atoms with Gasteiger partial charge in [-0.15, -0.1) is 0 Å². The molecular weight excluding hydrogens is 438 g/mol. The van der Waals surface area contributed by atoms with Crippen molar-refractivity contribution in [3.05, 3.63) is 46.2 Å². The van der Waals surface area contributed by atoms with E-state index in [2.05, 4.69) is 26.0 Å². The number of sulfonamides is 1. The first-order valence-corrected chi connectivity index (χ1v) is 10.1. The summed E-state index contributed by atoms with van der Waals surface area (Å²) in [4.78, 5) is 23.8. The molecule has 0 fully saturated rings. The van der Waals surface area contributed by atoms with Crippen LogP contribution >= 0.6 is 15.9 Å².